The van der Waals surface area contributed by atoms with Gasteiger partial charge in [0, 0.05) is 25.4 Å². The number of nitrogens with zero attached hydrogens (tertiary/aromatic N) is 1. The van der Waals surface area contributed by atoms with Gasteiger partial charge < -0.3 is 4.90 Å². The lowest BCUT2D eigenvalue weighted by Crippen LogP contribution is -2.11. The standard InChI is InChI=1S/C10H11NOS2/c1-11-4-6-14-10(11)7-8(12)9-3-2-5-13-9/h2-3,5,7H,4,6H2,1H3/b10-7+. The van der Waals surface area contributed by atoms with Crippen molar-refractivity contribution in [2.75, 3.05) is 19.3 Å². The highest BCUT2D eigenvalue weighted by atomic mass is 32.2. The minimum Gasteiger partial charge on any atom is -0.368 e. The van der Waals surface area contributed by atoms with Crippen molar-refractivity contribution in [1.82, 2.24) is 4.90 Å². The lowest BCUT2D eigenvalue weighted by atomic mass is 10.3. The molecule has 1 saturated heterocycles. The van der Waals surface area contributed by atoms with E-state index in [-0.39, 0.29) is 5.78 Å². The van der Waals surface area contributed by atoms with Crippen LogP contribution in [-0.4, -0.2) is 30.0 Å². The molecule has 2 nitrogen and oxygen atoms in total. The second-order valence-corrected chi connectivity index (χ2v) is 5.16. The van der Waals surface area contributed by atoms with Crippen molar-refractivity contribution in [3.8, 4) is 0 Å². The predicted molar refractivity (Wildman–Crippen MR) is 61.8 cm³/mol. The Morgan fingerprint density at radius 1 is 1.64 bits per heavy atom. The van der Waals surface area contributed by atoms with Crippen LogP contribution in [0.1, 0.15) is 9.67 Å². The Kier molecular flexibility index (Phi) is 2.93. The Balaban J connectivity index is 2.14. The maximum Gasteiger partial charge on any atom is 0.198 e. The largest absolute Gasteiger partial charge is 0.368 e. The van der Waals surface area contributed by atoms with Crippen LogP contribution in [0, 0.1) is 0 Å². The van der Waals surface area contributed by atoms with Gasteiger partial charge in [0.2, 0.25) is 0 Å². The van der Waals surface area contributed by atoms with Crippen molar-refractivity contribution in [3.63, 3.8) is 0 Å². The molecule has 4 heteroatoms. The molecular weight excluding hydrogens is 214 g/mol. The molecule has 1 aromatic heterocycles. The molecule has 1 aliphatic rings. The molecule has 1 aliphatic heterocycles. The summed E-state index contributed by atoms with van der Waals surface area (Å²) >= 11 is 3.24. The fourth-order valence-corrected chi connectivity index (χ4v) is 2.97. The molecule has 0 saturated carbocycles. The van der Waals surface area contributed by atoms with Crippen LogP contribution in [0.4, 0.5) is 0 Å². The lowest BCUT2D eigenvalue weighted by Gasteiger charge is -2.09. The van der Waals surface area contributed by atoms with Gasteiger partial charge in [0.25, 0.3) is 0 Å². The van der Waals surface area contributed by atoms with E-state index in [1.807, 2.05) is 24.6 Å². The second kappa shape index (κ2) is 4.19. The topological polar surface area (TPSA) is 20.3 Å². The monoisotopic (exact) mass is 225 g/mol. The van der Waals surface area contributed by atoms with Crippen LogP contribution in [0.5, 0.6) is 0 Å². The normalized spacial score (nSPS) is 19.2. The second-order valence-electron chi connectivity index (χ2n) is 3.09. The molecule has 0 radical (unpaired) electrons. The van der Waals surface area contributed by atoms with Crippen molar-refractivity contribution < 1.29 is 4.79 Å². The molecular formula is C10H11NOS2. The highest BCUT2D eigenvalue weighted by molar-refractivity contribution is 8.03. The van der Waals surface area contributed by atoms with Gasteiger partial charge in [-0.1, -0.05) is 6.07 Å². The predicted octanol–water partition coefficient (Wildman–Crippen LogP) is 2.45. The van der Waals surface area contributed by atoms with Crippen molar-refractivity contribution in [2.24, 2.45) is 0 Å². The zero-order valence-electron chi connectivity index (χ0n) is 7.90. The summed E-state index contributed by atoms with van der Waals surface area (Å²) in [5.41, 5.74) is 0. The zero-order chi connectivity index (χ0) is 9.97. The molecule has 1 aromatic rings. The zero-order valence-corrected chi connectivity index (χ0v) is 9.53. The number of carbonyl (C=O) groups excluding carboxylic acids is 1. The summed E-state index contributed by atoms with van der Waals surface area (Å²) < 4.78 is 0. The summed E-state index contributed by atoms with van der Waals surface area (Å²) in [4.78, 5) is 14.6. The van der Waals surface area contributed by atoms with E-state index in [0.717, 1.165) is 22.2 Å². The van der Waals surface area contributed by atoms with Crippen molar-refractivity contribution >= 4 is 28.9 Å². The Bertz CT molecular complexity index is 356. The Hall–Kier alpha value is -0.740. The highest BCUT2D eigenvalue weighted by Gasteiger charge is 2.15. The summed E-state index contributed by atoms with van der Waals surface area (Å²) in [5.74, 6) is 1.20. The summed E-state index contributed by atoms with van der Waals surface area (Å²) in [6.07, 6.45) is 1.74. The molecule has 1 fully saturated rings. The van der Waals surface area contributed by atoms with E-state index in [9.17, 15) is 4.79 Å². The molecule has 0 N–H and O–H groups in total. The van der Waals surface area contributed by atoms with Crippen molar-refractivity contribution in [3.05, 3.63) is 33.5 Å². The van der Waals surface area contributed by atoms with Gasteiger partial charge in [0.15, 0.2) is 5.78 Å². The highest BCUT2D eigenvalue weighted by Crippen LogP contribution is 2.26. The summed E-state index contributed by atoms with van der Waals surface area (Å²) in [7, 11) is 2.02. The summed E-state index contributed by atoms with van der Waals surface area (Å²) in [5, 5.41) is 3.01. The van der Waals surface area contributed by atoms with E-state index >= 15 is 0 Å². The molecule has 0 unspecified atom stereocenters. The molecule has 0 amide bonds. The van der Waals surface area contributed by atoms with Gasteiger partial charge in [0.05, 0.1) is 9.91 Å². The third-order valence-electron chi connectivity index (χ3n) is 2.07. The van der Waals surface area contributed by atoms with Crippen LogP contribution >= 0.6 is 23.1 Å². The van der Waals surface area contributed by atoms with E-state index < -0.39 is 0 Å². The van der Waals surface area contributed by atoms with Crippen LogP contribution in [0.25, 0.3) is 0 Å². The summed E-state index contributed by atoms with van der Waals surface area (Å²) in [6.45, 7) is 1.04. The van der Waals surface area contributed by atoms with E-state index in [1.165, 1.54) is 11.3 Å². The SMILES string of the molecule is CN1CCS/C1=C/C(=O)c1cccs1. The van der Waals surface area contributed by atoms with E-state index in [0.29, 0.717) is 0 Å². The van der Waals surface area contributed by atoms with Crippen LogP contribution in [0.2, 0.25) is 0 Å². The number of carbonyl (C=O) groups is 1. The Labute approximate surface area is 91.6 Å². The van der Waals surface area contributed by atoms with Crippen LogP contribution in [-0.2, 0) is 0 Å². The molecule has 0 bridgehead atoms. The molecule has 0 spiro atoms. The average molecular weight is 225 g/mol. The number of thioether (sulfide) groups is 1. The van der Waals surface area contributed by atoms with E-state index in [1.54, 1.807) is 17.8 Å². The van der Waals surface area contributed by atoms with Crippen molar-refractivity contribution in [2.45, 2.75) is 0 Å². The number of thiophene rings is 1. The van der Waals surface area contributed by atoms with E-state index in [4.69, 9.17) is 0 Å². The van der Waals surface area contributed by atoms with Gasteiger partial charge >= 0.3 is 0 Å². The number of hydrogen-bond acceptors (Lipinski definition) is 4. The maximum absolute atomic E-state index is 11.7. The number of ketones is 1. The molecule has 0 atom stereocenters. The van der Waals surface area contributed by atoms with Gasteiger partial charge in [-0.2, -0.15) is 0 Å². The molecule has 0 aromatic carbocycles. The van der Waals surface area contributed by atoms with E-state index in [2.05, 4.69) is 4.90 Å². The lowest BCUT2D eigenvalue weighted by molar-refractivity contribution is 0.104. The maximum atomic E-state index is 11.7. The molecule has 14 heavy (non-hydrogen) atoms. The Morgan fingerprint density at radius 2 is 2.50 bits per heavy atom. The fraction of sp³-hybridized carbons (Fsp3) is 0.300. The first-order valence-electron chi connectivity index (χ1n) is 4.41. The number of allylic oxidation sites excluding steroid dienone is 1. The molecule has 2 rings (SSSR count). The number of hydrogen-bond donors (Lipinski definition) is 0. The smallest absolute Gasteiger partial charge is 0.198 e. The average Bonchev–Trinajstić information content (AvgIpc) is 2.77. The summed E-state index contributed by atoms with van der Waals surface area (Å²) in [6, 6.07) is 3.77. The van der Waals surface area contributed by atoms with Crippen LogP contribution in [0.3, 0.4) is 0 Å². The third kappa shape index (κ3) is 2.01. The van der Waals surface area contributed by atoms with Gasteiger partial charge in [-0.05, 0) is 11.4 Å². The van der Waals surface area contributed by atoms with Gasteiger partial charge in [0.1, 0.15) is 0 Å². The molecule has 74 valence electrons. The van der Waals surface area contributed by atoms with Crippen molar-refractivity contribution in [1.29, 1.82) is 0 Å². The minimum atomic E-state index is 0.122. The fourth-order valence-electron chi connectivity index (χ4n) is 1.26. The first-order valence-corrected chi connectivity index (χ1v) is 6.27. The van der Waals surface area contributed by atoms with Crippen LogP contribution in [0.15, 0.2) is 28.6 Å². The molecule has 2 heterocycles. The Morgan fingerprint density at radius 3 is 3.07 bits per heavy atom. The molecule has 0 aliphatic carbocycles. The van der Waals surface area contributed by atoms with Gasteiger partial charge in [-0.25, -0.2) is 0 Å². The number of rotatable bonds is 2. The van der Waals surface area contributed by atoms with Gasteiger partial charge in [-0.3, -0.25) is 4.79 Å². The third-order valence-corrected chi connectivity index (χ3v) is 4.07. The first-order chi connectivity index (χ1) is 6.77. The van der Waals surface area contributed by atoms with Gasteiger partial charge in [-0.15, -0.1) is 23.1 Å². The van der Waals surface area contributed by atoms with Crippen LogP contribution < -0.4 is 0 Å². The first kappa shape index (κ1) is 9.80. The quantitative estimate of drug-likeness (QED) is 0.569. The minimum absolute atomic E-state index is 0.122.